The molecule has 82 valence electrons. The molecule has 0 spiro atoms. The molecule has 0 radical (unpaired) electrons. The van der Waals surface area contributed by atoms with Gasteiger partial charge in [-0.1, -0.05) is 28.1 Å². The highest BCUT2D eigenvalue weighted by Crippen LogP contribution is 2.23. The van der Waals surface area contributed by atoms with Crippen LogP contribution in [-0.2, 0) is 0 Å². The molecule has 0 heterocycles. The highest BCUT2D eigenvalue weighted by molar-refractivity contribution is 9.10. The fraction of sp³-hybridized carbons (Fsp3) is 0.333. The van der Waals surface area contributed by atoms with Crippen LogP contribution in [0.15, 0.2) is 28.7 Å². The Hall–Kier alpha value is -0.800. The standard InChI is InChI=1S/C12H16BrNO/c1-9(14-2)4-5-10-8-11(15-3)6-7-12(10)13/h4-9,14H,1-3H3/b5-4+. The summed E-state index contributed by atoms with van der Waals surface area (Å²) in [6, 6.07) is 6.29. The molecule has 0 aliphatic rings. The number of likely N-dealkylation sites (N-methyl/N-ethyl adjacent to an activating group) is 1. The van der Waals surface area contributed by atoms with Gasteiger partial charge in [0.05, 0.1) is 7.11 Å². The Morgan fingerprint density at radius 1 is 1.47 bits per heavy atom. The van der Waals surface area contributed by atoms with Crippen molar-refractivity contribution in [1.29, 1.82) is 0 Å². The molecule has 0 saturated heterocycles. The molecule has 0 aliphatic heterocycles. The van der Waals surface area contributed by atoms with Gasteiger partial charge in [0, 0.05) is 10.5 Å². The Kier molecular flexibility index (Phi) is 4.85. The third kappa shape index (κ3) is 3.68. The zero-order valence-electron chi connectivity index (χ0n) is 9.25. The summed E-state index contributed by atoms with van der Waals surface area (Å²) in [4.78, 5) is 0. The van der Waals surface area contributed by atoms with Crippen molar-refractivity contribution in [3.8, 4) is 5.75 Å². The van der Waals surface area contributed by atoms with Crippen LogP contribution < -0.4 is 10.1 Å². The number of hydrogen-bond donors (Lipinski definition) is 1. The van der Waals surface area contributed by atoms with Gasteiger partial charge in [-0.3, -0.25) is 0 Å². The molecule has 1 N–H and O–H groups in total. The lowest BCUT2D eigenvalue weighted by Crippen LogP contribution is -2.17. The summed E-state index contributed by atoms with van der Waals surface area (Å²) in [5.41, 5.74) is 1.12. The molecule has 0 amide bonds. The lowest BCUT2D eigenvalue weighted by Gasteiger charge is -2.05. The second-order valence-electron chi connectivity index (χ2n) is 3.32. The van der Waals surface area contributed by atoms with E-state index in [0.29, 0.717) is 6.04 Å². The molecule has 2 nitrogen and oxygen atoms in total. The Labute approximate surface area is 99.5 Å². The van der Waals surface area contributed by atoms with Gasteiger partial charge in [0.15, 0.2) is 0 Å². The van der Waals surface area contributed by atoms with Crippen LogP contribution >= 0.6 is 15.9 Å². The van der Waals surface area contributed by atoms with E-state index in [2.05, 4.69) is 40.3 Å². The van der Waals surface area contributed by atoms with E-state index in [1.54, 1.807) is 7.11 Å². The summed E-state index contributed by atoms with van der Waals surface area (Å²) in [5.74, 6) is 0.870. The smallest absolute Gasteiger partial charge is 0.119 e. The van der Waals surface area contributed by atoms with Crippen molar-refractivity contribution in [2.24, 2.45) is 0 Å². The lowest BCUT2D eigenvalue weighted by molar-refractivity contribution is 0.414. The number of hydrogen-bond acceptors (Lipinski definition) is 2. The SMILES string of the molecule is CNC(C)/C=C/c1cc(OC)ccc1Br. The monoisotopic (exact) mass is 269 g/mol. The zero-order chi connectivity index (χ0) is 11.3. The van der Waals surface area contributed by atoms with Crippen LogP contribution in [0.25, 0.3) is 6.08 Å². The lowest BCUT2D eigenvalue weighted by atomic mass is 10.1. The van der Waals surface area contributed by atoms with E-state index >= 15 is 0 Å². The van der Waals surface area contributed by atoms with Crippen molar-refractivity contribution in [3.63, 3.8) is 0 Å². The average molecular weight is 270 g/mol. The van der Waals surface area contributed by atoms with Crippen LogP contribution in [0.2, 0.25) is 0 Å². The Bertz CT molecular complexity index is 349. The van der Waals surface area contributed by atoms with E-state index < -0.39 is 0 Å². The molecule has 15 heavy (non-hydrogen) atoms. The molecule has 1 unspecified atom stereocenters. The Morgan fingerprint density at radius 3 is 2.80 bits per heavy atom. The molecule has 0 aliphatic carbocycles. The molecule has 1 rings (SSSR count). The predicted octanol–water partition coefficient (Wildman–Crippen LogP) is 3.08. The van der Waals surface area contributed by atoms with E-state index in [-0.39, 0.29) is 0 Å². The van der Waals surface area contributed by atoms with Gasteiger partial charge in [-0.05, 0) is 37.7 Å². The van der Waals surface area contributed by atoms with Gasteiger partial charge in [-0.25, -0.2) is 0 Å². The van der Waals surface area contributed by atoms with Gasteiger partial charge in [0.2, 0.25) is 0 Å². The second kappa shape index (κ2) is 5.93. The summed E-state index contributed by atoms with van der Waals surface area (Å²) >= 11 is 3.50. The quantitative estimate of drug-likeness (QED) is 0.907. The van der Waals surface area contributed by atoms with Crippen molar-refractivity contribution in [2.75, 3.05) is 14.2 Å². The number of methoxy groups -OCH3 is 1. The maximum Gasteiger partial charge on any atom is 0.119 e. The molecule has 1 aromatic carbocycles. The van der Waals surface area contributed by atoms with E-state index in [9.17, 15) is 0 Å². The van der Waals surface area contributed by atoms with Gasteiger partial charge in [0.25, 0.3) is 0 Å². The van der Waals surface area contributed by atoms with Crippen molar-refractivity contribution in [1.82, 2.24) is 5.32 Å². The van der Waals surface area contributed by atoms with Gasteiger partial charge in [0.1, 0.15) is 5.75 Å². The summed E-state index contributed by atoms with van der Waals surface area (Å²) in [7, 11) is 3.61. The number of halogens is 1. The fourth-order valence-corrected chi connectivity index (χ4v) is 1.50. The first-order chi connectivity index (χ1) is 7.17. The fourth-order valence-electron chi connectivity index (χ4n) is 1.12. The third-order valence-corrected chi connectivity index (χ3v) is 2.95. The predicted molar refractivity (Wildman–Crippen MR) is 68.2 cm³/mol. The minimum Gasteiger partial charge on any atom is -0.497 e. The number of rotatable bonds is 4. The van der Waals surface area contributed by atoms with E-state index in [1.165, 1.54) is 0 Å². The first-order valence-electron chi connectivity index (χ1n) is 4.86. The van der Waals surface area contributed by atoms with Gasteiger partial charge in [-0.15, -0.1) is 0 Å². The Balaban J connectivity index is 2.88. The molecular weight excluding hydrogens is 254 g/mol. The Morgan fingerprint density at radius 2 is 2.20 bits per heavy atom. The molecule has 0 saturated carbocycles. The molecular formula is C12H16BrNO. The molecule has 0 fully saturated rings. The molecule has 0 aromatic heterocycles. The highest BCUT2D eigenvalue weighted by atomic mass is 79.9. The van der Waals surface area contributed by atoms with Crippen molar-refractivity contribution < 1.29 is 4.74 Å². The molecule has 1 atom stereocenters. The normalized spacial score (nSPS) is 13.1. The summed E-state index contributed by atoms with van der Waals surface area (Å²) in [6.45, 7) is 2.10. The van der Waals surface area contributed by atoms with Crippen LogP contribution in [0.5, 0.6) is 5.75 Å². The second-order valence-corrected chi connectivity index (χ2v) is 4.18. The van der Waals surface area contributed by atoms with Crippen LogP contribution in [0.3, 0.4) is 0 Å². The highest BCUT2D eigenvalue weighted by Gasteiger charge is 1.99. The largest absolute Gasteiger partial charge is 0.497 e. The molecule has 3 heteroatoms. The summed E-state index contributed by atoms with van der Waals surface area (Å²) < 4.78 is 6.24. The molecule has 0 bridgehead atoms. The van der Waals surface area contributed by atoms with Gasteiger partial charge >= 0.3 is 0 Å². The first kappa shape index (κ1) is 12.3. The number of nitrogens with one attached hydrogen (secondary N) is 1. The van der Waals surface area contributed by atoms with Crippen molar-refractivity contribution in [3.05, 3.63) is 34.3 Å². The third-order valence-electron chi connectivity index (χ3n) is 2.22. The minimum absolute atomic E-state index is 0.364. The van der Waals surface area contributed by atoms with Crippen LogP contribution in [0.4, 0.5) is 0 Å². The summed E-state index contributed by atoms with van der Waals surface area (Å²) in [5, 5.41) is 3.15. The first-order valence-corrected chi connectivity index (χ1v) is 5.65. The van der Waals surface area contributed by atoms with E-state index in [1.807, 2.05) is 25.2 Å². The van der Waals surface area contributed by atoms with Crippen LogP contribution in [-0.4, -0.2) is 20.2 Å². The van der Waals surface area contributed by atoms with Crippen molar-refractivity contribution in [2.45, 2.75) is 13.0 Å². The van der Waals surface area contributed by atoms with E-state index in [0.717, 1.165) is 15.8 Å². The number of benzene rings is 1. The minimum atomic E-state index is 0.364. The average Bonchev–Trinajstić information content (AvgIpc) is 2.27. The summed E-state index contributed by atoms with van der Waals surface area (Å²) in [6.07, 6.45) is 4.19. The number of ether oxygens (including phenoxy) is 1. The zero-order valence-corrected chi connectivity index (χ0v) is 10.8. The van der Waals surface area contributed by atoms with Gasteiger partial charge < -0.3 is 10.1 Å². The molecule has 1 aromatic rings. The van der Waals surface area contributed by atoms with Crippen LogP contribution in [0.1, 0.15) is 12.5 Å². The van der Waals surface area contributed by atoms with E-state index in [4.69, 9.17) is 4.74 Å². The van der Waals surface area contributed by atoms with Crippen LogP contribution in [0, 0.1) is 0 Å². The van der Waals surface area contributed by atoms with Crippen molar-refractivity contribution >= 4 is 22.0 Å². The maximum absolute atomic E-state index is 5.17. The van der Waals surface area contributed by atoms with Gasteiger partial charge in [-0.2, -0.15) is 0 Å². The topological polar surface area (TPSA) is 21.3 Å². The maximum atomic E-state index is 5.17.